The summed E-state index contributed by atoms with van der Waals surface area (Å²) in [6.07, 6.45) is -30.9. The second-order valence-corrected chi connectivity index (χ2v) is 6.21. The van der Waals surface area contributed by atoms with Crippen LogP contribution in [0, 0.1) is 0 Å². The number of alkyl halides is 14. The van der Waals surface area contributed by atoms with Crippen LogP contribution in [0.25, 0.3) is 0 Å². The van der Waals surface area contributed by atoms with Crippen molar-refractivity contribution in [2.75, 3.05) is 10.7 Å². The largest absolute Gasteiger partial charge is 0.426 e. The van der Waals surface area contributed by atoms with Crippen molar-refractivity contribution in [3.05, 3.63) is 0 Å². The van der Waals surface area contributed by atoms with Crippen molar-refractivity contribution in [3.63, 3.8) is 0 Å². The Balaban J connectivity index is 6.74. The molecule has 0 aliphatic heterocycles. The summed E-state index contributed by atoms with van der Waals surface area (Å²) in [6, 6.07) is 0. The molecule has 0 amide bonds. The van der Waals surface area contributed by atoms with Gasteiger partial charge in [0.05, 0.1) is 0 Å². The summed E-state index contributed by atoms with van der Waals surface area (Å²) < 4.78 is 159. The van der Waals surface area contributed by atoms with Crippen LogP contribution in [0.5, 0.6) is 0 Å². The molecule has 0 fully saturated rings. The molecule has 0 atom stereocenters. The van der Waals surface area contributed by atoms with Crippen LogP contribution in [0.1, 0.15) is 12.8 Å². The molecule has 0 unspecified atom stereocenters. The van der Waals surface area contributed by atoms with Gasteiger partial charge in [-0.1, -0.05) is 31.9 Å². The van der Waals surface area contributed by atoms with Crippen LogP contribution in [-0.4, -0.2) is 46.6 Å². The molecular formula is C10H8Br2F12O. The minimum atomic E-state index is -6.60. The zero-order valence-electron chi connectivity index (χ0n) is 11.5. The van der Waals surface area contributed by atoms with E-state index >= 15 is 0 Å². The van der Waals surface area contributed by atoms with E-state index in [0.717, 1.165) is 0 Å². The maximum atomic E-state index is 13.0. The van der Waals surface area contributed by atoms with Crippen molar-refractivity contribution in [1.82, 2.24) is 0 Å². The van der Waals surface area contributed by atoms with Gasteiger partial charge in [-0.25, -0.2) is 0 Å². The first-order valence-corrected chi connectivity index (χ1v) is 8.16. The highest BCUT2D eigenvalue weighted by Gasteiger charge is 2.81. The molecule has 0 aromatic carbocycles. The van der Waals surface area contributed by atoms with E-state index in [1.807, 2.05) is 0 Å². The van der Waals surface area contributed by atoms with Crippen molar-refractivity contribution in [2.24, 2.45) is 0 Å². The molecule has 0 aromatic rings. The number of rotatable bonds is 6. The summed E-state index contributed by atoms with van der Waals surface area (Å²) in [5, 5.41) is -2.46. The third-order valence-corrected chi connectivity index (χ3v) is 3.87. The fourth-order valence-corrected chi connectivity index (χ4v) is 2.90. The van der Waals surface area contributed by atoms with Crippen molar-refractivity contribution < 1.29 is 57.4 Å². The van der Waals surface area contributed by atoms with E-state index in [9.17, 15) is 52.7 Å². The molecule has 0 rings (SSSR count). The third-order valence-electron chi connectivity index (χ3n) is 3.07. The summed E-state index contributed by atoms with van der Waals surface area (Å²) in [6.45, 7) is 0. The fourth-order valence-electron chi connectivity index (χ4n) is 1.79. The Morgan fingerprint density at radius 3 is 0.800 bits per heavy atom. The van der Waals surface area contributed by atoms with Crippen LogP contribution in [-0.2, 0) is 4.74 Å². The van der Waals surface area contributed by atoms with E-state index < -0.39 is 59.4 Å². The van der Waals surface area contributed by atoms with E-state index in [1.165, 1.54) is 0 Å². The van der Waals surface area contributed by atoms with Crippen molar-refractivity contribution in [3.8, 4) is 0 Å². The molecule has 0 heterocycles. The molecule has 152 valence electrons. The average Bonchev–Trinajstić information content (AvgIpc) is 2.31. The number of hydrogen-bond donors (Lipinski definition) is 0. The highest BCUT2D eigenvalue weighted by Crippen LogP contribution is 2.57. The lowest BCUT2D eigenvalue weighted by Gasteiger charge is -2.46. The maximum absolute atomic E-state index is 13.0. The van der Waals surface area contributed by atoms with E-state index in [4.69, 9.17) is 0 Å². The van der Waals surface area contributed by atoms with Gasteiger partial charge in [-0.15, -0.1) is 0 Å². The number of hydrogen-bond acceptors (Lipinski definition) is 1. The van der Waals surface area contributed by atoms with Crippen molar-refractivity contribution in [1.29, 1.82) is 0 Å². The quantitative estimate of drug-likeness (QED) is 0.289. The van der Waals surface area contributed by atoms with Gasteiger partial charge in [0.1, 0.15) is 0 Å². The van der Waals surface area contributed by atoms with E-state index in [-0.39, 0.29) is 0 Å². The Hall–Kier alpha value is 0.0800. The Bertz CT molecular complexity index is 367. The molecule has 0 radical (unpaired) electrons. The van der Waals surface area contributed by atoms with Crippen LogP contribution in [0.15, 0.2) is 0 Å². The summed E-state index contributed by atoms with van der Waals surface area (Å²) in [5.74, 6) is 0. The highest BCUT2D eigenvalue weighted by atomic mass is 79.9. The number of halogens is 14. The predicted molar refractivity (Wildman–Crippen MR) is 67.6 cm³/mol. The lowest BCUT2D eigenvalue weighted by Crippen LogP contribution is -2.69. The maximum Gasteiger partial charge on any atom is 0.426 e. The Labute approximate surface area is 149 Å². The monoisotopic (exact) mass is 530 g/mol. The molecule has 25 heavy (non-hydrogen) atoms. The molecule has 1 nitrogen and oxygen atoms in total. The Morgan fingerprint density at radius 2 is 0.680 bits per heavy atom. The molecule has 0 N–H and O–H groups in total. The first kappa shape index (κ1) is 25.1. The smallest absolute Gasteiger partial charge is 0.333 e. The van der Waals surface area contributed by atoms with E-state index in [0.29, 0.717) is 0 Å². The summed E-state index contributed by atoms with van der Waals surface area (Å²) in [4.78, 5) is 0. The lowest BCUT2D eigenvalue weighted by atomic mass is 9.92. The van der Waals surface area contributed by atoms with Crippen LogP contribution < -0.4 is 0 Å². The van der Waals surface area contributed by atoms with Crippen LogP contribution >= 0.6 is 31.9 Å². The summed E-state index contributed by atoms with van der Waals surface area (Å²) in [7, 11) is 0. The normalized spacial score (nSPS) is 15.6. The van der Waals surface area contributed by atoms with Gasteiger partial charge < -0.3 is 4.74 Å². The van der Waals surface area contributed by atoms with Crippen molar-refractivity contribution >= 4 is 31.9 Å². The molecule has 0 spiro atoms. The van der Waals surface area contributed by atoms with E-state index in [2.05, 4.69) is 36.6 Å². The summed E-state index contributed by atoms with van der Waals surface area (Å²) >= 11 is 4.33. The van der Waals surface area contributed by atoms with Crippen LogP contribution in [0.4, 0.5) is 52.7 Å². The molecule has 0 aliphatic rings. The van der Waals surface area contributed by atoms with Crippen molar-refractivity contribution in [2.45, 2.75) is 48.7 Å². The third kappa shape index (κ3) is 4.68. The average molecular weight is 532 g/mol. The Morgan fingerprint density at radius 1 is 0.480 bits per heavy atom. The van der Waals surface area contributed by atoms with Crippen LogP contribution in [0.2, 0.25) is 0 Å². The van der Waals surface area contributed by atoms with Gasteiger partial charge in [-0.3, -0.25) is 0 Å². The topological polar surface area (TPSA) is 9.23 Å². The molecule has 0 bridgehead atoms. The van der Waals surface area contributed by atoms with Gasteiger partial charge in [-0.2, -0.15) is 52.7 Å². The molecule has 0 saturated carbocycles. The second-order valence-electron chi connectivity index (χ2n) is 4.63. The molecule has 0 aromatic heterocycles. The van der Waals surface area contributed by atoms with Gasteiger partial charge in [0.2, 0.25) is 0 Å². The fraction of sp³-hybridized carbons (Fsp3) is 1.00. The van der Waals surface area contributed by atoms with Gasteiger partial charge in [-0.05, 0) is 0 Å². The molecule has 0 aliphatic carbocycles. The zero-order chi connectivity index (χ0) is 20.5. The van der Waals surface area contributed by atoms with Gasteiger partial charge >= 0.3 is 24.7 Å². The van der Waals surface area contributed by atoms with Gasteiger partial charge in [0.15, 0.2) is 0 Å². The van der Waals surface area contributed by atoms with Gasteiger partial charge in [0.25, 0.3) is 11.2 Å². The highest BCUT2D eigenvalue weighted by molar-refractivity contribution is 9.09. The minimum absolute atomic E-state index is 1.23. The van der Waals surface area contributed by atoms with Gasteiger partial charge in [0, 0.05) is 23.5 Å². The predicted octanol–water partition coefficient (Wildman–Crippen LogP) is 6.30. The van der Waals surface area contributed by atoms with E-state index in [1.54, 1.807) is 0 Å². The Kier molecular flexibility index (Phi) is 7.63. The number of ether oxygens (including phenoxy) is 1. The standard InChI is InChI=1S/C10H8Br2F12O/c11-3-1-5(7(13,14)15,8(16,17)18)25-6(2-4-12,9(19,20)21)10(22,23)24/h1-4H2. The molecule has 15 heteroatoms. The summed E-state index contributed by atoms with van der Waals surface area (Å²) in [5.41, 5.74) is -11.4. The second kappa shape index (κ2) is 7.60. The first-order valence-electron chi connectivity index (χ1n) is 5.92. The lowest BCUT2D eigenvalue weighted by molar-refractivity contribution is -0.468. The first-order chi connectivity index (χ1) is 10.8. The SMILES string of the molecule is FC(F)(F)C(CCBr)(OC(CCBr)(C(F)(F)F)C(F)(F)F)C(F)(F)F. The molecular weight excluding hydrogens is 524 g/mol. The molecule has 0 saturated heterocycles. The van der Waals surface area contributed by atoms with Crippen LogP contribution in [0.3, 0.4) is 0 Å². The zero-order valence-corrected chi connectivity index (χ0v) is 14.7. The minimum Gasteiger partial charge on any atom is -0.333 e.